The molecular formula is C15H26O6P2. The van der Waals surface area contributed by atoms with Gasteiger partial charge in [0.15, 0.2) is 0 Å². The molecule has 1 rings (SSSR count). The van der Waals surface area contributed by atoms with Crippen LogP contribution in [0.1, 0.15) is 16.7 Å². The molecule has 0 saturated heterocycles. The van der Waals surface area contributed by atoms with Crippen LogP contribution in [-0.2, 0) is 40.1 Å². The predicted molar refractivity (Wildman–Crippen MR) is 91.6 cm³/mol. The molecule has 1 aromatic rings. The molecule has 0 aromatic heterocycles. The SMILES string of the molecule is COP(=O)(CCc1cc(C)cc(CCP(=O)(OC)OC)c1)OC. The van der Waals surface area contributed by atoms with Crippen molar-refractivity contribution >= 4 is 15.2 Å². The van der Waals surface area contributed by atoms with Crippen LogP contribution in [-0.4, -0.2) is 40.8 Å². The van der Waals surface area contributed by atoms with E-state index in [0.29, 0.717) is 25.2 Å². The molecule has 0 radical (unpaired) electrons. The van der Waals surface area contributed by atoms with Gasteiger partial charge in [-0.25, -0.2) is 0 Å². The van der Waals surface area contributed by atoms with Crippen molar-refractivity contribution in [3.05, 3.63) is 34.9 Å². The van der Waals surface area contributed by atoms with Gasteiger partial charge in [-0.2, -0.15) is 0 Å². The fourth-order valence-corrected chi connectivity index (χ4v) is 4.38. The van der Waals surface area contributed by atoms with E-state index in [0.717, 1.165) is 16.7 Å². The monoisotopic (exact) mass is 364 g/mol. The lowest BCUT2D eigenvalue weighted by Gasteiger charge is -2.15. The largest absolute Gasteiger partial charge is 0.330 e. The van der Waals surface area contributed by atoms with Crippen molar-refractivity contribution < 1.29 is 27.2 Å². The topological polar surface area (TPSA) is 71.1 Å². The maximum absolute atomic E-state index is 12.1. The highest BCUT2D eigenvalue weighted by atomic mass is 31.2. The van der Waals surface area contributed by atoms with Crippen LogP contribution < -0.4 is 0 Å². The Hall–Kier alpha value is -0.480. The van der Waals surface area contributed by atoms with E-state index in [-0.39, 0.29) is 0 Å². The van der Waals surface area contributed by atoms with Crippen LogP contribution in [0.3, 0.4) is 0 Å². The average molecular weight is 364 g/mol. The molecule has 23 heavy (non-hydrogen) atoms. The van der Waals surface area contributed by atoms with E-state index in [1.165, 1.54) is 28.4 Å². The molecule has 0 aliphatic carbocycles. The molecule has 0 fully saturated rings. The molecule has 1 aromatic carbocycles. The summed E-state index contributed by atoms with van der Waals surface area (Å²) in [5.74, 6) is 0. The first-order valence-corrected chi connectivity index (χ1v) is 10.8. The second-order valence-electron chi connectivity index (χ2n) is 5.23. The second kappa shape index (κ2) is 9.12. The van der Waals surface area contributed by atoms with Crippen LogP contribution >= 0.6 is 15.2 Å². The smallest absolute Gasteiger partial charge is 0.312 e. The van der Waals surface area contributed by atoms with Crippen LogP contribution in [0, 0.1) is 6.92 Å². The lowest BCUT2D eigenvalue weighted by Crippen LogP contribution is -2.02. The average Bonchev–Trinajstić information content (AvgIpc) is 2.57. The summed E-state index contributed by atoms with van der Waals surface area (Å²) >= 11 is 0. The zero-order valence-electron chi connectivity index (χ0n) is 14.4. The van der Waals surface area contributed by atoms with Crippen molar-refractivity contribution in [3.63, 3.8) is 0 Å². The van der Waals surface area contributed by atoms with Crippen molar-refractivity contribution in [1.82, 2.24) is 0 Å². The van der Waals surface area contributed by atoms with Gasteiger partial charge in [-0.1, -0.05) is 23.8 Å². The molecule has 0 N–H and O–H groups in total. The Kier molecular flexibility index (Phi) is 8.15. The Morgan fingerprint density at radius 1 is 0.739 bits per heavy atom. The summed E-state index contributed by atoms with van der Waals surface area (Å²) in [6, 6.07) is 6.08. The molecular weight excluding hydrogens is 338 g/mol. The fraction of sp³-hybridized carbons (Fsp3) is 0.600. The maximum Gasteiger partial charge on any atom is 0.330 e. The Bertz CT molecular complexity index is 537. The van der Waals surface area contributed by atoms with Crippen molar-refractivity contribution in [2.24, 2.45) is 0 Å². The molecule has 0 aliphatic rings. The summed E-state index contributed by atoms with van der Waals surface area (Å²) in [5.41, 5.74) is 3.17. The van der Waals surface area contributed by atoms with Crippen LogP contribution in [0.4, 0.5) is 0 Å². The Balaban J connectivity index is 2.80. The van der Waals surface area contributed by atoms with E-state index in [1.807, 2.05) is 25.1 Å². The number of aryl methyl sites for hydroxylation is 3. The number of hydrogen-bond acceptors (Lipinski definition) is 6. The van der Waals surface area contributed by atoms with Crippen molar-refractivity contribution in [2.75, 3.05) is 40.8 Å². The molecule has 0 unspecified atom stereocenters. The van der Waals surface area contributed by atoms with Gasteiger partial charge in [0.05, 0.1) is 12.3 Å². The second-order valence-corrected chi connectivity index (χ2v) is 10.0. The molecule has 8 heteroatoms. The molecule has 0 amide bonds. The molecule has 0 spiro atoms. The van der Waals surface area contributed by atoms with E-state index in [9.17, 15) is 9.13 Å². The Morgan fingerprint density at radius 3 is 1.39 bits per heavy atom. The molecule has 0 saturated carbocycles. The highest BCUT2D eigenvalue weighted by Gasteiger charge is 2.22. The first-order chi connectivity index (χ1) is 10.8. The normalized spacial score (nSPS) is 12.6. The van der Waals surface area contributed by atoms with Gasteiger partial charge in [0.2, 0.25) is 0 Å². The summed E-state index contributed by atoms with van der Waals surface area (Å²) in [4.78, 5) is 0. The van der Waals surface area contributed by atoms with Gasteiger partial charge in [0.1, 0.15) is 0 Å². The minimum absolute atomic E-state index is 0.317. The van der Waals surface area contributed by atoms with E-state index < -0.39 is 15.2 Å². The van der Waals surface area contributed by atoms with E-state index in [1.54, 1.807) is 0 Å². The Labute approximate surface area is 138 Å². The zero-order chi connectivity index (χ0) is 17.5. The van der Waals surface area contributed by atoms with Gasteiger partial charge in [-0.15, -0.1) is 0 Å². The number of rotatable bonds is 10. The van der Waals surface area contributed by atoms with E-state index in [2.05, 4.69) is 0 Å². The Morgan fingerprint density at radius 2 is 1.09 bits per heavy atom. The minimum atomic E-state index is -3.01. The lowest BCUT2D eigenvalue weighted by atomic mass is 10.0. The molecule has 0 bridgehead atoms. The van der Waals surface area contributed by atoms with Crippen molar-refractivity contribution in [1.29, 1.82) is 0 Å². The fourth-order valence-electron chi connectivity index (χ4n) is 2.28. The van der Waals surface area contributed by atoms with Crippen LogP contribution in [0.15, 0.2) is 18.2 Å². The minimum Gasteiger partial charge on any atom is -0.312 e. The van der Waals surface area contributed by atoms with Gasteiger partial charge < -0.3 is 18.1 Å². The lowest BCUT2D eigenvalue weighted by molar-refractivity contribution is 0.275. The quantitative estimate of drug-likeness (QED) is 0.583. The van der Waals surface area contributed by atoms with Gasteiger partial charge in [-0.05, 0) is 30.9 Å². The van der Waals surface area contributed by atoms with Gasteiger partial charge in [-0.3, -0.25) is 9.13 Å². The summed E-state index contributed by atoms with van der Waals surface area (Å²) in [5, 5.41) is 0. The highest BCUT2D eigenvalue weighted by Crippen LogP contribution is 2.47. The summed E-state index contributed by atoms with van der Waals surface area (Å²) in [6.45, 7) is 1.99. The van der Waals surface area contributed by atoms with E-state index >= 15 is 0 Å². The standard InChI is InChI=1S/C15H26O6P2/c1-13-10-14(6-8-22(16,18-2)19-3)12-15(11-13)7-9-23(17,20-4)21-5/h10-12H,6-9H2,1-5H3. The maximum atomic E-state index is 12.1. The zero-order valence-corrected chi connectivity index (χ0v) is 16.2. The summed E-state index contributed by atoms with van der Waals surface area (Å²) in [6.07, 6.45) is 1.80. The molecule has 0 atom stereocenters. The predicted octanol–water partition coefficient (Wildman–Crippen LogP) is 4.05. The first kappa shape index (κ1) is 20.6. The number of hydrogen-bond donors (Lipinski definition) is 0. The van der Waals surface area contributed by atoms with Crippen LogP contribution in [0.5, 0.6) is 0 Å². The van der Waals surface area contributed by atoms with E-state index in [4.69, 9.17) is 18.1 Å². The van der Waals surface area contributed by atoms with Gasteiger partial charge in [0, 0.05) is 28.4 Å². The van der Waals surface area contributed by atoms with Crippen molar-refractivity contribution in [2.45, 2.75) is 19.8 Å². The third-order valence-corrected chi connectivity index (χ3v) is 7.43. The summed E-state index contributed by atoms with van der Waals surface area (Å²) < 4.78 is 44.0. The summed E-state index contributed by atoms with van der Waals surface area (Å²) in [7, 11) is -0.475. The molecule has 0 heterocycles. The third kappa shape index (κ3) is 6.50. The van der Waals surface area contributed by atoms with Crippen LogP contribution in [0.2, 0.25) is 0 Å². The molecule has 6 nitrogen and oxygen atoms in total. The van der Waals surface area contributed by atoms with Gasteiger partial charge in [0.25, 0.3) is 0 Å². The highest BCUT2D eigenvalue weighted by molar-refractivity contribution is 7.54. The first-order valence-electron chi connectivity index (χ1n) is 7.30. The van der Waals surface area contributed by atoms with Gasteiger partial charge >= 0.3 is 15.2 Å². The van der Waals surface area contributed by atoms with Crippen LogP contribution in [0.25, 0.3) is 0 Å². The third-order valence-electron chi connectivity index (χ3n) is 3.66. The number of benzene rings is 1. The molecule has 132 valence electrons. The molecule has 0 aliphatic heterocycles. The van der Waals surface area contributed by atoms with Crippen molar-refractivity contribution in [3.8, 4) is 0 Å².